The molecule has 30 heavy (non-hydrogen) atoms. The van der Waals surface area contributed by atoms with Gasteiger partial charge in [-0.25, -0.2) is 9.59 Å². The van der Waals surface area contributed by atoms with Gasteiger partial charge >= 0.3 is 18.1 Å². The van der Waals surface area contributed by atoms with Gasteiger partial charge in [-0.15, -0.1) is 0 Å². The van der Waals surface area contributed by atoms with E-state index >= 15 is 0 Å². The molecule has 1 N–H and O–H groups in total. The zero-order valence-corrected chi connectivity index (χ0v) is 16.8. The molecule has 2 aliphatic rings. The summed E-state index contributed by atoms with van der Waals surface area (Å²) in [6.07, 6.45) is -2.30. The number of hydrogen-bond donors (Lipinski definition) is 1. The molecule has 0 spiro atoms. The molecule has 1 aromatic carbocycles. The van der Waals surface area contributed by atoms with Crippen LogP contribution in [-0.4, -0.2) is 48.9 Å². The summed E-state index contributed by atoms with van der Waals surface area (Å²) in [5, 5.41) is 2.58. The lowest BCUT2D eigenvalue weighted by molar-refractivity contribution is -0.222. The number of benzene rings is 1. The van der Waals surface area contributed by atoms with Gasteiger partial charge in [0.2, 0.25) is 0 Å². The number of anilines is 1. The Balaban J connectivity index is 1.85. The Hall–Kier alpha value is -2.75. The minimum absolute atomic E-state index is 0.0262. The second kappa shape index (κ2) is 8.17. The molecule has 0 saturated carbocycles. The molecule has 2 heterocycles. The van der Waals surface area contributed by atoms with Crippen LogP contribution in [-0.2, 0) is 25.2 Å². The summed E-state index contributed by atoms with van der Waals surface area (Å²) in [4.78, 5) is 26.2. The summed E-state index contributed by atoms with van der Waals surface area (Å²) in [7, 11) is 1.98. The molecule has 0 atom stereocenters. The van der Waals surface area contributed by atoms with Gasteiger partial charge < -0.3 is 24.4 Å². The monoisotopic (exact) mass is 428 g/mol. The highest BCUT2D eigenvalue weighted by atomic mass is 19.4. The van der Waals surface area contributed by atoms with Crippen molar-refractivity contribution in [3.63, 3.8) is 0 Å². The highest BCUT2D eigenvalue weighted by Crippen LogP contribution is 2.36. The number of cyclic esters (lactones) is 2. The largest absolute Gasteiger partial charge is 0.488 e. The predicted molar refractivity (Wildman–Crippen MR) is 101 cm³/mol. The average molecular weight is 428 g/mol. The van der Waals surface area contributed by atoms with Crippen LogP contribution in [0.2, 0.25) is 0 Å². The van der Waals surface area contributed by atoms with Gasteiger partial charge in [0, 0.05) is 33.1 Å². The fourth-order valence-electron chi connectivity index (χ4n) is 3.13. The van der Waals surface area contributed by atoms with Crippen molar-refractivity contribution in [2.45, 2.75) is 44.8 Å². The third kappa shape index (κ3) is 5.24. The van der Waals surface area contributed by atoms with Crippen LogP contribution in [0.5, 0.6) is 5.75 Å². The van der Waals surface area contributed by atoms with Gasteiger partial charge in [-0.1, -0.05) is 0 Å². The Kier molecular flexibility index (Phi) is 5.98. The summed E-state index contributed by atoms with van der Waals surface area (Å²) in [6.45, 7) is 4.41. The first-order valence-corrected chi connectivity index (χ1v) is 9.44. The summed E-state index contributed by atoms with van der Waals surface area (Å²) in [5.74, 6) is -3.10. The number of nitrogens with one attached hydrogen (secondary N) is 1. The van der Waals surface area contributed by atoms with Crippen molar-refractivity contribution in [2.75, 3.05) is 25.5 Å². The van der Waals surface area contributed by atoms with Crippen molar-refractivity contribution < 1.29 is 37.0 Å². The van der Waals surface area contributed by atoms with Crippen LogP contribution >= 0.6 is 0 Å². The summed E-state index contributed by atoms with van der Waals surface area (Å²) in [5.41, 5.74) is -1.38. The predicted octanol–water partition coefficient (Wildman–Crippen LogP) is 3.31. The third-order valence-corrected chi connectivity index (χ3v) is 4.75. The van der Waals surface area contributed by atoms with E-state index in [0.717, 1.165) is 44.3 Å². The topological polar surface area (TPSA) is 77.1 Å². The molecular weight excluding hydrogens is 405 g/mol. The van der Waals surface area contributed by atoms with E-state index in [1.807, 2.05) is 7.05 Å². The van der Waals surface area contributed by atoms with Crippen molar-refractivity contribution in [3.05, 3.63) is 35.5 Å². The summed E-state index contributed by atoms with van der Waals surface area (Å²) < 4.78 is 55.4. The average Bonchev–Trinajstić information content (AvgIpc) is 2.62. The van der Waals surface area contributed by atoms with E-state index in [9.17, 15) is 22.8 Å². The van der Waals surface area contributed by atoms with Gasteiger partial charge in [-0.2, -0.15) is 13.2 Å². The molecule has 0 aliphatic carbocycles. The first kappa shape index (κ1) is 21.9. The van der Waals surface area contributed by atoms with Gasteiger partial charge in [0.05, 0.1) is 11.3 Å². The number of carbonyl (C=O) groups excluding carboxylic acids is 2. The fraction of sp³-hybridized carbons (Fsp3) is 0.500. The minimum Gasteiger partial charge on any atom is -0.488 e. The van der Waals surface area contributed by atoms with Crippen molar-refractivity contribution in [3.8, 4) is 5.75 Å². The van der Waals surface area contributed by atoms with Crippen LogP contribution in [0.3, 0.4) is 0 Å². The van der Waals surface area contributed by atoms with Crippen molar-refractivity contribution >= 4 is 17.6 Å². The Bertz CT molecular complexity index is 836. The number of piperidine rings is 1. The Morgan fingerprint density at radius 2 is 1.77 bits per heavy atom. The van der Waals surface area contributed by atoms with E-state index in [2.05, 4.69) is 10.2 Å². The Morgan fingerprint density at radius 1 is 1.17 bits per heavy atom. The van der Waals surface area contributed by atoms with E-state index in [4.69, 9.17) is 14.2 Å². The number of hydrogen-bond acceptors (Lipinski definition) is 7. The smallest absolute Gasteiger partial charge is 0.416 e. The normalized spacial score (nSPS) is 20.4. The Morgan fingerprint density at radius 3 is 2.33 bits per heavy atom. The lowest BCUT2D eigenvalue weighted by Crippen LogP contribution is -2.42. The molecule has 0 aromatic heterocycles. The van der Waals surface area contributed by atoms with Gasteiger partial charge in [0.15, 0.2) is 5.57 Å². The number of nitrogens with zero attached hydrogens (tertiary/aromatic N) is 1. The molecule has 0 bridgehead atoms. The highest BCUT2D eigenvalue weighted by molar-refractivity contribution is 6.15. The molecule has 1 aromatic rings. The lowest BCUT2D eigenvalue weighted by Gasteiger charge is -2.30. The third-order valence-electron chi connectivity index (χ3n) is 4.75. The van der Waals surface area contributed by atoms with Gasteiger partial charge in [-0.05, 0) is 38.1 Å². The molecule has 0 amide bonds. The van der Waals surface area contributed by atoms with E-state index in [1.165, 1.54) is 19.9 Å². The van der Waals surface area contributed by atoms with Crippen LogP contribution in [0.1, 0.15) is 32.3 Å². The van der Waals surface area contributed by atoms with E-state index in [-0.39, 0.29) is 17.5 Å². The number of rotatable bonds is 4. The quantitative estimate of drug-likeness (QED) is 0.448. The van der Waals surface area contributed by atoms with Crippen LogP contribution in [0.4, 0.5) is 18.9 Å². The second-order valence-corrected chi connectivity index (χ2v) is 7.71. The van der Waals surface area contributed by atoms with Gasteiger partial charge in [0.25, 0.3) is 5.79 Å². The first-order valence-electron chi connectivity index (χ1n) is 9.44. The van der Waals surface area contributed by atoms with Crippen molar-refractivity contribution in [2.24, 2.45) is 0 Å². The van der Waals surface area contributed by atoms with Crippen molar-refractivity contribution in [1.82, 2.24) is 4.90 Å². The van der Waals surface area contributed by atoms with Crippen LogP contribution < -0.4 is 10.1 Å². The summed E-state index contributed by atoms with van der Waals surface area (Å²) >= 11 is 0. The zero-order valence-electron chi connectivity index (χ0n) is 16.8. The SMILES string of the molecule is CN1CCC(Oc2ccc(C(F)(F)F)cc2NC=C2C(=O)OC(C)(C)OC2=O)CC1. The van der Waals surface area contributed by atoms with Crippen LogP contribution in [0, 0.1) is 0 Å². The maximum atomic E-state index is 13.2. The maximum absolute atomic E-state index is 13.2. The molecule has 7 nitrogen and oxygen atoms in total. The minimum atomic E-state index is -4.57. The number of esters is 2. The number of halogens is 3. The molecule has 2 aliphatic heterocycles. The van der Waals surface area contributed by atoms with Crippen molar-refractivity contribution in [1.29, 1.82) is 0 Å². The molecular formula is C20H23F3N2O5. The molecule has 10 heteroatoms. The number of carbonyl (C=O) groups is 2. The molecule has 3 rings (SSSR count). The standard InChI is InChI=1S/C20H23F3N2O5/c1-19(2)29-17(26)14(18(27)30-19)11-24-15-10-12(20(21,22)23)4-5-16(15)28-13-6-8-25(3)9-7-13/h4-5,10-11,13,24H,6-9H2,1-3H3. The molecule has 2 fully saturated rings. The van der Waals surface area contributed by atoms with Gasteiger partial charge in [0.1, 0.15) is 11.9 Å². The lowest BCUT2D eigenvalue weighted by atomic mass is 10.1. The van der Waals surface area contributed by atoms with Crippen LogP contribution in [0.15, 0.2) is 30.0 Å². The second-order valence-electron chi connectivity index (χ2n) is 7.71. The van der Waals surface area contributed by atoms with E-state index in [1.54, 1.807) is 0 Å². The van der Waals surface area contributed by atoms with Crippen LogP contribution in [0.25, 0.3) is 0 Å². The molecule has 164 valence electrons. The van der Waals surface area contributed by atoms with E-state index in [0.29, 0.717) is 0 Å². The van der Waals surface area contributed by atoms with Gasteiger partial charge in [-0.3, -0.25) is 0 Å². The molecule has 0 unspecified atom stereocenters. The Labute approximate surface area is 171 Å². The highest BCUT2D eigenvalue weighted by Gasteiger charge is 2.39. The number of ether oxygens (including phenoxy) is 3. The summed E-state index contributed by atoms with van der Waals surface area (Å²) in [6, 6.07) is 3.02. The molecule has 0 radical (unpaired) electrons. The first-order chi connectivity index (χ1) is 13.9. The maximum Gasteiger partial charge on any atom is 0.416 e. The number of likely N-dealkylation sites (tertiary alicyclic amines) is 1. The number of alkyl halides is 3. The fourth-order valence-corrected chi connectivity index (χ4v) is 3.13. The zero-order chi connectivity index (χ0) is 22.1. The molecule has 2 saturated heterocycles. The van der Waals surface area contributed by atoms with E-state index < -0.39 is 35.0 Å².